The Kier molecular flexibility index (Phi) is 2.71. The molecule has 2 heterocycles. The molecule has 1 aliphatic heterocycles. The van der Waals surface area contributed by atoms with Gasteiger partial charge in [0, 0.05) is 22.2 Å². The van der Waals surface area contributed by atoms with Crippen LogP contribution < -0.4 is 5.32 Å². The summed E-state index contributed by atoms with van der Waals surface area (Å²) in [6.07, 6.45) is 2.05. The summed E-state index contributed by atoms with van der Waals surface area (Å²) in [4.78, 5) is 15.9. The van der Waals surface area contributed by atoms with Crippen molar-refractivity contribution in [3.63, 3.8) is 0 Å². The van der Waals surface area contributed by atoms with Gasteiger partial charge in [0.05, 0.1) is 6.04 Å². The second kappa shape index (κ2) is 4.25. The van der Waals surface area contributed by atoms with E-state index in [4.69, 9.17) is 0 Å². The molecule has 0 amide bonds. The molecular weight excluding hydrogens is 224 g/mol. The molecule has 1 aromatic carbocycles. The smallest absolute Gasteiger partial charge is 0.182 e. The molecule has 2 N–H and O–H groups in total. The van der Waals surface area contributed by atoms with E-state index in [9.17, 15) is 4.79 Å². The monoisotopic (exact) mass is 242 g/mol. The molecule has 18 heavy (non-hydrogen) atoms. The highest BCUT2D eigenvalue weighted by molar-refractivity contribution is 6.11. The lowest BCUT2D eigenvalue weighted by atomic mass is 9.99. The average molecular weight is 242 g/mol. The van der Waals surface area contributed by atoms with Gasteiger partial charge in [-0.15, -0.1) is 0 Å². The summed E-state index contributed by atoms with van der Waals surface area (Å²) in [7, 11) is 0. The number of Topliss-reactive ketones (excluding diaryl/α,β-unsaturated/α-hetero) is 1. The number of aryl methyl sites for hydroxylation is 2. The number of benzene rings is 1. The van der Waals surface area contributed by atoms with Crippen LogP contribution in [-0.2, 0) is 0 Å². The quantitative estimate of drug-likeness (QED) is 0.795. The Morgan fingerprint density at radius 3 is 2.89 bits per heavy atom. The molecule has 1 fully saturated rings. The minimum atomic E-state index is 0.00297. The fraction of sp³-hybridized carbons (Fsp3) is 0.400. The summed E-state index contributed by atoms with van der Waals surface area (Å²) in [5, 5.41) is 4.35. The Morgan fingerprint density at radius 2 is 2.17 bits per heavy atom. The Hall–Kier alpha value is -1.61. The molecular formula is C15H18N2O. The van der Waals surface area contributed by atoms with Crippen LogP contribution >= 0.6 is 0 Å². The van der Waals surface area contributed by atoms with Gasteiger partial charge >= 0.3 is 0 Å². The van der Waals surface area contributed by atoms with E-state index in [1.54, 1.807) is 0 Å². The molecule has 3 nitrogen and oxygen atoms in total. The lowest BCUT2D eigenvalue weighted by Gasteiger charge is -2.09. The van der Waals surface area contributed by atoms with Crippen LogP contribution in [0.15, 0.2) is 18.2 Å². The summed E-state index contributed by atoms with van der Waals surface area (Å²) in [6.45, 7) is 5.00. The largest absolute Gasteiger partial charge is 0.358 e. The Balaban J connectivity index is 2.12. The van der Waals surface area contributed by atoms with E-state index in [0.29, 0.717) is 0 Å². The topological polar surface area (TPSA) is 44.9 Å². The van der Waals surface area contributed by atoms with Crippen molar-refractivity contribution in [1.29, 1.82) is 0 Å². The predicted molar refractivity (Wildman–Crippen MR) is 73.1 cm³/mol. The molecule has 94 valence electrons. The van der Waals surface area contributed by atoms with E-state index in [2.05, 4.69) is 35.4 Å². The molecule has 3 heteroatoms. The predicted octanol–water partition coefficient (Wildman–Crippen LogP) is 2.72. The zero-order valence-corrected chi connectivity index (χ0v) is 10.8. The SMILES string of the molecule is Cc1ccc2[nH]c(C)c(C(=O)C3CCCN3)c2c1. The van der Waals surface area contributed by atoms with Crippen LogP contribution in [0.2, 0.25) is 0 Å². The summed E-state index contributed by atoms with van der Waals surface area (Å²) in [6, 6.07) is 6.22. The number of fused-ring (bicyclic) bond motifs is 1. The maximum Gasteiger partial charge on any atom is 0.182 e. The lowest BCUT2D eigenvalue weighted by molar-refractivity contribution is 0.0953. The molecule has 3 rings (SSSR count). The van der Waals surface area contributed by atoms with Gasteiger partial charge in [-0.3, -0.25) is 4.79 Å². The van der Waals surface area contributed by atoms with Crippen molar-refractivity contribution < 1.29 is 4.79 Å². The minimum absolute atomic E-state index is 0.00297. The van der Waals surface area contributed by atoms with Crippen LogP contribution in [-0.4, -0.2) is 23.4 Å². The van der Waals surface area contributed by atoms with Crippen molar-refractivity contribution >= 4 is 16.7 Å². The molecule has 0 saturated carbocycles. The fourth-order valence-electron chi connectivity index (χ4n) is 2.84. The van der Waals surface area contributed by atoms with Gasteiger partial charge in [-0.25, -0.2) is 0 Å². The van der Waals surface area contributed by atoms with E-state index in [-0.39, 0.29) is 11.8 Å². The van der Waals surface area contributed by atoms with Crippen molar-refractivity contribution in [2.24, 2.45) is 0 Å². The number of aromatic nitrogens is 1. The highest BCUT2D eigenvalue weighted by Crippen LogP contribution is 2.26. The second-order valence-corrected chi connectivity index (χ2v) is 5.19. The van der Waals surface area contributed by atoms with Gasteiger partial charge in [-0.1, -0.05) is 11.6 Å². The lowest BCUT2D eigenvalue weighted by Crippen LogP contribution is -2.31. The highest BCUT2D eigenvalue weighted by atomic mass is 16.1. The van der Waals surface area contributed by atoms with Gasteiger partial charge < -0.3 is 10.3 Å². The first kappa shape index (κ1) is 11.5. The second-order valence-electron chi connectivity index (χ2n) is 5.19. The summed E-state index contributed by atoms with van der Waals surface area (Å²) >= 11 is 0. The van der Waals surface area contributed by atoms with Crippen molar-refractivity contribution in [3.05, 3.63) is 35.0 Å². The zero-order chi connectivity index (χ0) is 12.7. The first-order valence-corrected chi connectivity index (χ1v) is 6.53. The van der Waals surface area contributed by atoms with Gasteiger partial charge in [0.25, 0.3) is 0 Å². The van der Waals surface area contributed by atoms with Gasteiger partial charge in [-0.2, -0.15) is 0 Å². The number of carbonyl (C=O) groups is 1. The van der Waals surface area contributed by atoms with Gasteiger partial charge in [0.15, 0.2) is 5.78 Å². The van der Waals surface area contributed by atoms with E-state index < -0.39 is 0 Å². The standard InChI is InChI=1S/C15H18N2O/c1-9-5-6-12-11(8-9)14(10(2)17-12)15(18)13-4-3-7-16-13/h5-6,8,13,16-17H,3-4,7H2,1-2H3. The number of hydrogen-bond acceptors (Lipinski definition) is 2. The molecule has 1 saturated heterocycles. The number of rotatable bonds is 2. The Morgan fingerprint density at radius 1 is 1.33 bits per heavy atom. The molecule has 0 spiro atoms. The van der Waals surface area contributed by atoms with Crippen molar-refractivity contribution in [1.82, 2.24) is 10.3 Å². The minimum Gasteiger partial charge on any atom is -0.358 e. The third-order valence-electron chi connectivity index (χ3n) is 3.76. The first-order chi connectivity index (χ1) is 8.66. The van der Waals surface area contributed by atoms with E-state index in [1.807, 2.05) is 6.92 Å². The van der Waals surface area contributed by atoms with E-state index in [0.717, 1.165) is 41.5 Å². The normalized spacial score (nSPS) is 19.6. The summed E-state index contributed by atoms with van der Waals surface area (Å²) in [5.41, 5.74) is 4.09. The van der Waals surface area contributed by atoms with E-state index in [1.165, 1.54) is 5.56 Å². The third-order valence-corrected chi connectivity index (χ3v) is 3.76. The van der Waals surface area contributed by atoms with Crippen LogP contribution in [0.1, 0.15) is 34.5 Å². The molecule has 1 atom stereocenters. The molecule has 1 unspecified atom stereocenters. The number of aromatic amines is 1. The van der Waals surface area contributed by atoms with Crippen LogP contribution in [0.4, 0.5) is 0 Å². The van der Waals surface area contributed by atoms with Crippen molar-refractivity contribution in [2.45, 2.75) is 32.7 Å². The third kappa shape index (κ3) is 1.75. The summed E-state index contributed by atoms with van der Waals surface area (Å²) in [5.74, 6) is 0.238. The van der Waals surface area contributed by atoms with Gasteiger partial charge in [0.2, 0.25) is 0 Å². The van der Waals surface area contributed by atoms with Crippen LogP contribution in [0.25, 0.3) is 10.9 Å². The highest BCUT2D eigenvalue weighted by Gasteiger charge is 2.26. The molecule has 0 radical (unpaired) electrons. The molecule has 1 aliphatic rings. The first-order valence-electron chi connectivity index (χ1n) is 6.53. The molecule has 0 bridgehead atoms. The fourth-order valence-corrected chi connectivity index (χ4v) is 2.84. The van der Waals surface area contributed by atoms with Crippen LogP contribution in [0.3, 0.4) is 0 Å². The molecule has 2 aromatic rings. The maximum atomic E-state index is 12.6. The Bertz CT molecular complexity index is 606. The number of nitrogens with one attached hydrogen (secondary N) is 2. The van der Waals surface area contributed by atoms with Crippen LogP contribution in [0, 0.1) is 13.8 Å². The van der Waals surface area contributed by atoms with Gasteiger partial charge in [0.1, 0.15) is 0 Å². The maximum absolute atomic E-state index is 12.6. The number of hydrogen-bond donors (Lipinski definition) is 2. The number of ketones is 1. The van der Waals surface area contributed by atoms with Crippen molar-refractivity contribution in [3.8, 4) is 0 Å². The van der Waals surface area contributed by atoms with Gasteiger partial charge in [-0.05, 0) is 45.4 Å². The average Bonchev–Trinajstić information content (AvgIpc) is 2.94. The van der Waals surface area contributed by atoms with Crippen LogP contribution in [0.5, 0.6) is 0 Å². The summed E-state index contributed by atoms with van der Waals surface area (Å²) < 4.78 is 0. The Labute approximate surface area is 107 Å². The zero-order valence-electron chi connectivity index (χ0n) is 10.8. The number of carbonyl (C=O) groups excluding carboxylic acids is 1. The molecule has 0 aliphatic carbocycles. The molecule has 1 aromatic heterocycles. The van der Waals surface area contributed by atoms with E-state index >= 15 is 0 Å². The van der Waals surface area contributed by atoms with Crippen molar-refractivity contribution in [2.75, 3.05) is 6.54 Å². The number of H-pyrrole nitrogens is 1.